The van der Waals surface area contributed by atoms with Crippen LogP contribution in [0.25, 0.3) is 0 Å². The van der Waals surface area contributed by atoms with E-state index >= 15 is 0 Å². The molecular weight excluding hydrogens is 467 g/mol. The topological polar surface area (TPSA) is 75.7 Å². The molecule has 2 aromatic rings. The highest BCUT2D eigenvalue weighted by Crippen LogP contribution is 2.23. The number of likely N-dealkylation sites (tertiary alicyclic amines) is 1. The molecule has 1 aliphatic heterocycles. The minimum absolute atomic E-state index is 0.164. The lowest BCUT2D eigenvalue weighted by molar-refractivity contribution is -0.151. The first kappa shape index (κ1) is 18.8. The second-order valence-electron chi connectivity index (χ2n) is 5.80. The van der Waals surface area contributed by atoms with Gasteiger partial charge >= 0.3 is 5.97 Å². The first-order chi connectivity index (χ1) is 12.5. The summed E-state index contributed by atoms with van der Waals surface area (Å²) in [6, 6.07) is 10.2. The van der Waals surface area contributed by atoms with Gasteiger partial charge in [-0.3, -0.25) is 9.59 Å². The van der Waals surface area contributed by atoms with Gasteiger partial charge in [0.25, 0.3) is 11.8 Å². The molecule has 1 aliphatic rings. The van der Waals surface area contributed by atoms with Crippen LogP contribution >= 0.6 is 33.9 Å². The molecule has 2 heterocycles. The Hall–Kier alpha value is -1.94. The summed E-state index contributed by atoms with van der Waals surface area (Å²) in [5, 5.41) is 4.50. The average molecular weight is 484 g/mol. The number of carbonyl (C=O) groups is 3. The van der Waals surface area contributed by atoms with Crippen LogP contribution in [0.15, 0.2) is 41.8 Å². The van der Waals surface area contributed by atoms with Crippen molar-refractivity contribution in [2.75, 3.05) is 18.5 Å². The van der Waals surface area contributed by atoms with Gasteiger partial charge in [-0.15, -0.1) is 11.3 Å². The van der Waals surface area contributed by atoms with E-state index in [1.807, 2.05) is 17.5 Å². The van der Waals surface area contributed by atoms with Crippen LogP contribution in [0.5, 0.6) is 0 Å². The number of nitrogens with one attached hydrogen (secondary N) is 1. The summed E-state index contributed by atoms with van der Waals surface area (Å²) in [6.07, 6.45) is 1.29. The van der Waals surface area contributed by atoms with Gasteiger partial charge in [0.15, 0.2) is 6.61 Å². The van der Waals surface area contributed by atoms with Gasteiger partial charge in [0, 0.05) is 15.8 Å². The van der Waals surface area contributed by atoms with Gasteiger partial charge < -0.3 is 15.0 Å². The molecule has 3 rings (SSSR count). The molecule has 26 heavy (non-hydrogen) atoms. The number of nitrogens with zero attached hydrogens (tertiary/aromatic N) is 1. The van der Waals surface area contributed by atoms with Gasteiger partial charge in [-0.05, 0) is 71.1 Å². The Bertz CT molecular complexity index is 792. The number of benzene rings is 1. The predicted octanol–water partition coefficient (Wildman–Crippen LogP) is 3.14. The van der Waals surface area contributed by atoms with E-state index in [1.54, 1.807) is 24.3 Å². The van der Waals surface area contributed by atoms with Crippen molar-refractivity contribution in [3.8, 4) is 0 Å². The molecule has 136 valence electrons. The Morgan fingerprint density at radius 1 is 1.23 bits per heavy atom. The van der Waals surface area contributed by atoms with Gasteiger partial charge in [0.2, 0.25) is 0 Å². The van der Waals surface area contributed by atoms with Crippen LogP contribution in [0, 0.1) is 3.57 Å². The van der Waals surface area contributed by atoms with Crippen LogP contribution in [0.1, 0.15) is 22.5 Å². The van der Waals surface area contributed by atoms with Gasteiger partial charge in [0.05, 0.1) is 4.88 Å². The fraction of sp³-hybridized carbons (Fsp3) is 0.278. The molecule has 0 saturated carbocycles. The van der Waals surface area contributed by atoms with Crippen molar-refractivity contribution in [3.63, 3.8) is 0 Å². The molecule has 1 N–H and O–H groups in total. The summed E-state index contributed by atoms with van der Waals surface area (Å²) < 4.78 is 6.20. The van der Waals surface area contributed by atoms with Crippen molar-refractivity contribution in [2.24, 2.45) is 0 Å². The van der Waals surface area contributed by atoms with Crippen LogP contribution < -0.4 is 5.32 Å². The number of esters is 1. The average Bonchev–Trinajstić information content (AvgIpc) is 3.33. The van der Waals surface area contributed by atoms with E-state index in [4.69, 9.17) is 4.74 Å². The lowest BCUT2D eigenvalue weighted by Gasteiger charge is -2.22. The SMILES string of the molecule is O=C(COC(=O)C1CCCN1C(=O)c1cccs1)Nc1ccc(I)cc1. The summed E-state index contributed by atoms with van der Waals surface area (Å²) in [4.78, 5) is 38.9. The van der Waals surface area contributed by atoms with Crippen LogP contribution in [-0.4, -0.2) is 41.9 Å². The van der Waals surface area contributed by atoms with E-state index in [-0.39, 0.29) is 12.5 Å². The third kappa shape index (κ3) is 4.61. The maximum absolute atomic E-state index is 12.5. The highest BCUT2D eigenvalue weighted by atomic mass is 127. The van der Waals surface area contributed by atoms with Crippen molar-refractivity contribution < 1.29 is 19.1 Å². The predicted molar refractivity (Wildman–Crippen MR) is 107 cm³/mol. The number of halogens is 1. The molecule has 1 aromatic carbocycles. The number of hydrogen-bond donors (Lipinski definition) is 1. The minimum Gasteiger partial charge on any atom is -0.454 e. The Labute approximate surface area is 168 Å². The fourth-order valence-corrected chi connectivity index (χ4v) is 3.80. The summed E-state index contributed by atoms with van der Waals surface area (Å²) in [5.41, 5.74) is 0.641. The van der Waals surface area contributed by atoms with Crippen molar-refractivity contribution in [1.29, 1.82) is 0 Å². The van der Waals surface area contributed by atoms with Gasteiger partial charge in [-0.2, -0.15) is 0 Å². The number of rotatable bonds is 5. The van der Waals surface area contributed by atoms with Crippen molar-refractivity contribution >= 4 is 57.4 Å². The molecule has 0 radical (unpaired) electrons. The van der Waals surface area contributed by atoms with Crippen LogP contribution in [-0.2, 0) is 14.3 Å². The number of hydrogen-bond acceptors (Lipinski definition) is 5. The molecule has 2 amide bonds. The van der Waals surface area contributed by atoms with Crippen LogP contribution in [0.3, 0.4) is 0 Å². The first-order valence-corrected chi connectivity index (χ1v) is 10.1. The van der Waals surface area contributed by atoms with Crippen LogP contribution in [0.2, 0.25) is 0 Å². The number of carbonyl (C=O) groups excluding carboxylic acids is 3. The summed E-state index contributed by atoms with van der Waals surface area (Å²) in [6.45, 7) is 0.147. The lowest BCUT2D eigenvalue weighted by atomic mass is 10.2. The molecule has 6 nitrogen and oxygen atoms in total. The zero-order valence-corrected chi connectivity index (χ0v) is 16.8. The Balaban J connectivity index is 1.53. The monoisotopic (exact) mass is 484 g/mol. The number of amides is 2. The van der Waals surface area contributed by atoms with Crippen molar-refractivity contribution in [3.05, 3.63) is 50.2 Å². The zero-order chi connectivity index (χ0) is 18.5. The molecule has 0 bridgehead atoms. The number of anilines is 1. The minimum atomic E-state index is -0.629. The standard InChI is InChI=1S/C18H17IN2O4S/c19-12-5-7-13(8-6-12)20-16(22)11-25-18(24)14-3-1-9-21(14)17(23)15-4-2-10-26-15/h2,4-8,10,14H,1,3,9,11H2,(H,20,22). The molecule has 1 atom stereocenters. The highest BCUT2D eigenvalue weighted by molar-refractivity contribution is 14.1. The molecule has 0 spiro atoms. The third-order valence-electron chi connectivity index (χ3n) is 3.99. The fourth-order valence-electron chi connectivity index (χ4n) is 2.76. The van der Waals surface area contributed by atoms with Crippen LogP contribution in [0.4, 0.5) is 5.69 Å². The largest absolute Gasteiger partial charge is 0.454 e. The second-order valence-corrected chi connectivity index (χ2v) is 7.99. The summed E-state index contributed by atoms with van der Waals surface area (Å²) in [7, 11) is 0. The highest BCUT2D eigenvalue weighted by Gasteiger charge is 2.36. The van der Waals surface area contributed by atoms with Gasteiger partial charge in [-0.1, -0.05) is 6.07 Å². The normalized spacial score (nSPS) is 16.3. The van der Waals surface area contributed by atoms with E-state index in [9.17, 15) is 14.4 Å². The van der Waals surface area contributed by atoms with Gasteiger partial charge in [0.1, 0.15) is 6.04 Å². The third-order valence-corrected chi connectivity index (χ3v) is 5.57. The van der Waals surface area contributed by atoms with Crippen molar-refractivity contribution in [1.82, 2.24) is 4.90 Å². The molecule has 1 saturated heterocycles. The smallest absolute Gasteiger partial charge is 0.329 e. The van der Waals surface area contributed by atoms with E-state index in [2.05, 4.69) is 27.9 Å². The van der Waals surface area contributed by atoms with Gasteiger partial charge in [-0.25, -0.2) is 4.79 Å². The van der Waals surface area contributed by atoms with E-state index < -0.39 is 17.9 Å². The summed E-state index contributed by atoms with van der Waals surface area (Å²) >= 11 is 3.52. The quantitative estimate of drug-likeness (QED) is 0.523. The Kier molecular flexibility index (Phi) is 6.25. The van der Waals surface area contributed by atoms with Crippen molar-refractivity contribution in [2.45, 2.75) is 18.9 Å². The number of thiophene rings is 1. The second kappa shape index (κ2) is 8.63. The maximum Gasteiger partial charge on any atom is 0.329 e. The lowest BCUT2D eigenvalue weighted by Crippen LogP contribution is -2.41. The van der Waals surface area contributed by atoms with E-state index in [0.717, 1.165) is 9.99 Å². The Morgan fingerprint density at radius 2 is 2.00 bits per heavy atom. The van der Waals surface area contributed by atoms with E-state index in [1.165, 1.54) is 16.2 Å². The number of ether oxygens (including phenoxy) is 1. The summed E-state index contributed by atoms with van der Waals surface area (Å²) in [5.74, 6) is -1.11. The molecule has 1 aromatic heterocycles. The first-order valence-electron chi connectivity index (χ1n) is 8.11. The molecule has 1 unspecified atom stereocenters. The molecule has 0 aliphatic carbocycles. The zero-order valence-electron chi connectivity index (χ0n) is 13.8. The maximum atomic E-state index is 12.5. The molecular formula is C18H17IN2O4S. The van der Waals surface area contributed by atoms with E-state index in [0.29, 0.717) is 23.5 Å². The molecule has 1 fully saturated rings. The molecule has 8 heteroatoms. The Morgan fingerprint density at radius 3 is 2.69 bits per heavy atom.